The van der Waals surface area contributed by atoms with Gasteiger partial charge in [-0.1, -0.05) is 13.8 Å². The van der Waals surface area contributed by atoms with E-state index < -0.39 is 11.8 Å². The van der Waals surface area contributed by atoms with Crippen molar-refractivity contribution in [2.75, 3.05) is 0 Å². The molecular weight excluding hydrogens is 135 g/mol. The Labute approximate surface area is 59.4 Å². The van der Waals surface area contributed by atoms with E-state index >= 15 is 0 Å². The van der Waals surface area contributed by atoms with Crippen LogP contribution < -0.4 is 0 Å². The van der Waals surface area contributed by atoms with Gasteiger partial charge in [0.05, 0.1) is 0 Å². The van der Waals surface area contributed by atoms with Crippen molar-refractivity contribution >= 4 is 5.97 Å². The number of aliphatic carboxylic acids is 1. The van der Waals surface area contributed by atoms with Crippen LogP contribution in [0.25, 0.3) is 0 Å². The molecule has 0 radical (unpaired) electrons. The van der Waals surface area contributed by atoms with Crippen LogP contribution in [0.1, 0.15) is 26.7 Å². The van der Waals surface area contributed by atoms with Gasteiger partial charge >= 0.3 is 5.97 Å². The third-order valence-corrected chi connectivity index (χ3v) is 1.35. The Morgan fingerprint density at radius 3 is 1.90 bits per heavy atom. The Bertz CT molecular complexity index is 155. The van der Waals surface area contributed by atoms with Crippen LogP contribution in [0.5, 0.6) is 0 Å². The van der Waals surface area contributed by atoms with Gasteiger partial charge in [0.15, 0.2) is 0 Å². The minimum absolute atomic E-state index is 0.368. The summed E-state index contributed by atoms with van der Waals surface area (Å²) in [5, 5.41) is 8.18. The van der Waals surface area contributed by atoms with Crippen LogP contribution in [0.3, 0.4) is 0 Å². The largest absolute Gasteiger partial charge is 0.476 e. The minimum Gasteiger partial charge on any atom is -0.476 e. The van der Waals surface area contributed by atoms with Crippen molar-refractivity contribution in [2.24, 2.45) is 0 Å². The van der Waals surface area contributed by atoms with E-state index in [0.29, 0.717) is 18.4 Å². The fourth-order valence-corrected chi connectivity index (χ4v) is 0.712. The van der Waals surface area contributed by atoms with Crippen LogP contribution in [0.4, 0.5) is 4.39 Å². The third-order valence-electron chi connectivity index (χ3n) is 1.35. The SMILES string of the molecule is CCC(CC)=C(F)C(=O)O. The van der Waals surface area contributed by atoms with Crippen LogP contribution in [0.2, 0.25) is 0 Å². The Balaban J connectivity index is 4.43. The van der Waals surface area contributed by atoms with Crippen LogP contribution in [0, 0.1) is 0 Å². The Morgan fingerprint density at radius 2 is 1.80 bits per heavy atom. The fourth-order valence-electron chi connectivity index (χ4n) is 0.712. The topological polar surface area (TPSA) is 37.3 Å². The summed E-state index contributed by atoms with van der Waals surface area (Å²) < 4.78 is 12.5. The number of hydrogen-bond acceptors (Lipinski definition) is 1. The zero-order valence-electron chi connectivity index (χ0n) is 6.15. The number of allylic oxidation sites excluding steroid dienone is 1. The summed E-state index contributed by atoms with van der Waals surface area (Å²) in [6.07, 6.45) is 0.934. The molecule has 2 nitrogen and oxygen atoms in total. The quantitative estimate of drug-likeness (QED) is 0.619. The second kappa shape index (κ2) is 4.04. The lowest BCUT2D eigenvalue weighted by Crippen LogP contribution is -1.98. The second-order valence-electron chi connectivity index (χ2n) is 1.93. The average Bonchev–Trinajstić information content (AvgIpc) is 1.90. The second-order valence-corrected chi connectivity index (χ2v) is 1.93. The number of rotatable bonds is 3. The van der Waals surface area contributed by atoms with Crippen molar-refractivity contribution < 1.29 is 14.3 Å². The van der Waals surface area contributed by atoms with Crippen molar-refractivity contribution in [1.82, 2.24) is 0 Å². The molecule has 0 heterocycles. The first kappa shape index (κ1) is 9.14. The highest BCUT2D eigenvalue weighted by Crippen LogP contribution is 2.13. The summed E-state index contributed by atoms with van der Waals surface area (Å²) in [5.41, 5.74) is 0.368. The van der Waals surface area contributed by atoms with Crippen molar-refractivity contribution in [3.8, 4) is 0 Å². The molecule has 0 unspecified atom stereocenters. The molecule has 3 heteroatoms. The summed E-state index contributed by atoms with van der Waals surface area (Å²) in [7, 11) is 0. The van der Waals surface area contributed by atoms with Gasteiger partial charge in [0.1, 0.15) is 0 Å². The normalized spacial score (nSPS) is 9.10. The van der Waals surface area contributed by atoms with E-state index in [4.69, 9.17) is 5.11 Å². The molecule has 0 saturated heterocycles. The van der Waals surface area contributed by atoms with E-state index in [1.54, 1.807) is 13.8 Å². The molecule has 0 aliphatic carbocycles. The van der Waals surface area contributed by atoms with E-state index in [1.807, 2.05) is 0 Å². The van der Waals surface area contributed by atoms with E-state index in [0.717, 1.165) is 0 Å². The molecule has 0 saturated carbocycles. The monoisotopic (exact) mass is 146 g/mol. The van der Waals surface area contributed by atoms with E-state index in [1.165, 1.54) is 0 Å². The maximum atomic E-state index is 12.5. The first-order chi connectivity index (χ1) is 4.63. The Hall–Kier alpha value is -0.860. The highest BCUT2D eigenvalue weighted by atomic mass is 19.1. The van der Waals surface area contributed by atoms with Crippen LogP contribution in [-0.2, 0) is 4.79 Å². The lowest BCUT2D eigenvalue weighted by molar-refractivity contribution is -0.134. The fraction of sp³-hybridized carbons (Fsp3) is 0.571. The lowest BCUT2D eigenvalue weighted by atomic mass is 10.1. The Kier molecular flexibility index (Phi) is 3.69. The minimum atomic E-state index is -1.46. The molecule has 0 amide bonds. The van der Waals surface area contributed by atoms with E-state index in [-0.39, 0.29) is 0 Å². The van der Waals surface area contributed by atoms with Crippen molar-refractivity contribution in [3.63, 3.8) is 0 Å². The molecule has 0 aliphatic rings. The number of carboxylic acids is 1. The summed E-state index contributed by atoms with van der Waals surface area (Å²) in [4.78, 5) is 10.0. The van der Waals surface area contributed by atoms with E-state index in [9.17, 15) is 9.18 Å². The van der Waals surface area contributed by atoms with Crippen LogP contribution >= 0.6 is 0 Å². The smallest absolute Gasteiger partial charge is 0.364 e. The molecular formula is C7H11FO2. The molecule has 0 atom stereocenters. The zero-order valence-corrected chi connectivity index (χ0v) is 6.15. The average molecular weight is 146 g/mol. The van der Waals surface area contributed by atoms with Gasteiger partial charge in [-0.05, 0) is 18.4 Å². The molecule has 10 heavy (non-hydrogen) atoms. The Morgan fingerprint density at radius 1 is 1.40 bits per heavy atom. The number of hydrogen-bond donors (Lipinski definition) is 1. The molecule has 0 fully saturated rings. The molecule has 0 rings (SSSR count). The molecule has 0 bridgehead atoms. The maximum absolute atomic E-state index is 12.5. The number of carboxylic acid groups (broad SMARTS) is 1. The van der Waals surface area contributed by atoms with Gasteiger partial charge in [0, 0.05) is 0 Å². The molecule has 1 N–H and O–H groups in total. The molecule has 0 aromatic heterocycles. The van der Waals surface area contributed by atoms with Gasteiger partial charge in [0.2, 0.25) is 5.83 Å². The van der Waals surface area contributed by atoms with Crippen LogP contribution in [-0.4, -0.2) is 11.1 Å². The van der Waals surface area contributed by atoms with Crippen molar-refractivity contribution in [1.29, 1.82) is 0 Å². The molecule has 0 aliphatic heterocycles. The van der Waals surface area contributed by atoms with Crippen molar-refractivity contribution in [3.05, 3.63) is 11.4 Å². The summed E-state index contributed by atoms with van der Waals surface area (Å²) in [5.74, 6) is -2.45. The first-order valence-corrected chi connectivity index (χ1v) is 3.24. The van der Waals surface area contributed by atoms with Crippen LogP contribution in [0.15, 0.2) is 11.4 Å². The zero-order chi connectivity index (χ0) is 8.15. The van der Waals surface area contributed by atoms with E-state index in [2.05, 4.69) is 0 Å². The number of carbonyl (C=O) groups is 1. The predicted octanol–water partition coefficient (Wildman–Crippen LogP) is 2.11. The highest BCUT2D eigenvalue weighted by Gasteiger charge is 2.09. The maximum Gasteiger partial charge on any atom is 0.364 e. The third kappa shape index (κ3) is 2.17. The number of halogens is 1. The van der Waals surface area contributed by atoms with Gasteiger partial charge in [-0.2, -0.15) is 4.39 Å². The molecule has 0 aromatic rings. The predicted molar refractivity (Wildman–Crippen MR) is 36.4 cm³/mol. The lowest BCUT2D eigenvalue weighted by Gasteiger charge is -1.98. The van der Waals surface area contributed by atoms with Gasteiger partial charge in [-0.25, -0.2) is 4.79 Å². The molecule has 0 spiro atoms. The van der Waals surface area contributed by atoms with Crippen molar-refractivity contribution in [2.45, 2.75) is 26.7 Å². The summed E-state index contributed by atoms with van der Waals surface area (Å²) >= 11 is 0. The standard InChI is InChI=1S/C7H11FO2/c1-3-5(4-2)6(8)7(9)10/h3-4H2,1-2H3,(H,9,10). The summed E-state index contributed by atoms with van der Waals surface area (Å²) in [6, 6.07) is 0. The van der Waals surface area contributed by atoms with Gasteiger partial charge in [-0.15, -0.1) is 0 Å². The highest BCUT2D eigenvalue weighted by molar-refractivity contribution is 5.84. The first-order valence-electron chi connectivity index (χ1n) is 3.24. The van der Waals surface area contributed by atoms with Gasteiger partial charge in [-0.3, -0.25) is 0 Å². The molecule has 58 valence electrons. The summed E-state index contributed by atoms with van der Waals surface area (Å²) in [6.45, 7) is 3.47. The van der Waals surface area contributed by atoms with Gasteiger partial charge < -0.3 is 5.11 Å². The van der Waals surface area contributed by atoms with Gasteiger partial charge in [0.25, 0.3) is 0 Å². The molecule has 0 aromatic carbocycles.